The van der Waals surface area contributed by atoms with Gasteiger partial charge in [-0.2, -0.15) is 0 Å². The van der Waals surface area contributed by atoms with E-state index in [2.05, 4.69) is 0 Å². The second-order valence-electron chi connectivity index (χ2n) is 6.88. The van der Waals surface area contributed by atoms with Gasteiger partial charge in [-0.15, -0.1) is 0 Å². The van der Waals surface area contributed by atoms with E-state index in [1.807, 2.05) is 0 Å². The molecule has 0 saturated carbocycles. The van der Waals surface area contributed by atoms with Gasteiger partial charge in [-0.1, -0.05) is 42.5 Å². The van der Waals surface area contributed by atoms with Gasteiger partial charge in [0, 0.05) is 29.1 Å². The van der Waals surface area contributed by atoms with Crippen LogP contribution in [-0.4, -0.2) is 20.9 Å². The van der Waals surface area contributed by atoms with Crippen LogP contribution in [-0.2, 0) is 6.42 Å². The Morgan fingerprint density at radius 3 is 2.38 bits per heavy atom. The molecule has 2 atom stereocenters. The van der Waals surface area contributed by atoms with Crippen molar-refractivity contribution in [2.75, 3.05) is 0 Å². The lowest BCUT2D eigenvalue weighted by molar-refractivity contribution is -0.0247. The molecule has 0 aliphatic carbocycles. The Kier molecular flexibility index (Phi) is 5.13. The molecule has 6 heteroatoms. The molecule has 29 heavy (non-hydrogen) atoms. The number of halogens is 3. The first-order chi connectivity index (χ1) is 14.0. The maximum atomic E-state index is 14.4. The predicted molar refractivity (Wildman–Crippen MR) is 105 cm³/mol. The lowest BCUT2D eigenvalue weighted by atomic mass is 10.0. The molecule has 3 aromatic carbocycles. The van der Waals surface area contributed by atoms with Gasteiger partial charge in [0.25, 0.3) is 0 Å². The SMILES string of the molecule is O[C@@H](Cc1cccc(F)c1)[C@H](O)n1cc(-c2cccc(F)c2F)c2ccccc21. The van der Waals surface area contributed by atoms with E-state index in [0.29, 0.717) is 22.0 Å². The molecule has 0 saturated heterocycles. The molecular formula is C23H18F3NO2. The van der Waals surface area contributed by atoms with E-state index in [1.165, 1.54) is 41.1 Å². The minimum Gasteiger partial charge on any atom is -0.388 e. The van der Waals surface area contributed by atoms with Gasteiger partial charge in [-0.25, -0.2) is 13.2 Å². The molecule has 1 aromatic heterocycles. The van der Waals surface area contributed by atoms with Crippen LogP contribution in [0.3, 0.4) is 0 Å². The zero-order valence-corrected chi connectivity index (χ0v) is 15.3. The number of nitrogens with zero attached hydrogens (tertiary/aromatic N) is 1. The van der Waals surface area contributed by atoms with Crippen LogP contribution >= 0.6 is 0 Å². The average molecular weight is 397 g/mol. The molecular weight excluding hydrogens is 379 g/mol. The number of aromatic nitrogens is 1. The number of benzene rings is 3. The molecule has 0 spiro atoms. The van der Waals surface area contributed by atoms with E-state index < -0.39 is 29.8 Å². The number of rotatable bonds is 5. The number of aliphatic hydroxyl groups is 2. The van der Waals surface area contributed by atoms with Crippen molar-refractivity contribution in [3.8, 4) is 11.1 Å². The molecule has 4 aromatic rings. The highest BCUT2D eigenvalue weighted by atomic mass is 19.2. The Hall–Kier alpha value is -3.09. The fourth-order valence-corrected chi connectivity index (χ4v) is 3.55. The van der Waals surface area contributed by atoms with Gasteiger partial charge in [0.05, 0.1) is 5.52 Å². The lowest BCUT2D eigenvalue weighted by Gasteiger charge is -2.20. The van der Waals surface area contributed by atoms with E-state index in [9.17, 15) is 23.4 Å². The first-order valence-electron chi connectivity index (χ1n) is 9.10. The maximum Gasteiger partial charge on any atom is 0.166 e. The summed E-state index contributed by atoms with van der Waals surface area (Å²) in [4.78, 5) is 0. The third-order valence-corrected chi connectivity index (χ3v) is 4.95. The quantitative estimate of drug-likeness (QED) is 0.507. The summed E-state index contributed by atoms with van der Waals surface area (Å²) in [5, 5.41) is 21.9. The zero-order chi connectivity index (χ0) is 20.5. The molecule has 148 valence electrons. The molecule has 1 heterocycles. The summed E-state index contributed by atoms with van der Waals surface area (Å²) in [5.74, 6) is -2.38. The minimum absolute atomic E-state index is 0.0229. The third-order valence-electron chi connectivity index (χ3n) is 4.95. The molecule has 0 aliphatic heterocycles. The number of para-hydroxylation sites is 1. The van der Waals surface area contributed by atoms with Crippen LogP contribution in [0.4, 0.5) is 13.2 Å². The number of fused-ring (bicyclic) bond motifs is 1. The topological polar surface area (TPSA) is 45.4 Å². The Bertz CT molecular complexity index is 1170. The smallest absolute Gasteiger partial charge is 0.166 e. The van der Waals surface area contributed by atoms with Crippen LogP contribution < -0.4 is 0 Å². The molecule has 0 radical (unpaired) electrons. The van der Waals surface area contributed by atoms with Crippen molar-refractivity contribution < 1.29 is 23.4 Å². The van der Waals surface area contributed by atoms with E-state index in [1.54, 1.807) is 30.3 Å². The molecule has 3 nitrogen and oxygen atoms in total. The monoisotopic (exact) mass is 397 g/mol. The van der Waals surface area contributed by atoms with Crippen molar-refractivity contribution in [2.45, 2.75) is 18.8 Å². The van der Waals surface area contributed by atoms with Crippen molar-refractivity contribution in [3.05, 3.63) is 95.9 Å². The summed E-state index contributed by atoms with van der Waals surface area (Å²) in [6.45, 7) is 0. The van der Waals surface area contributed by atoms with Crippen molar-refractivity contribution in [1.82, 2.24) is 4.57 Å². The van der Waals surface area contributed by atoms with Crippen LogP contribution in [0, 0.1) is 17.5 Å². The first kappa shape index (κ1) is 19.2. The Balaban J connectivity index is 1.75. The molecule has 0 unspecified atom stereocenters. The largest absolute Gasteiger partial charge is 0.388 e. The van der Waals surface area contributed by atoms with E-state index in [0.717, 1.165) is 6.07 Å². The van der Waals surface area contributed by atoms with Crippen LogP contribution in [0.15, 0.2) is 72.9 Å². The maximum absolute atomic E-state index is 14.4. The third kappa shape index (κ3) is 3.64. The molecule has 2 N–H and O–H groups in total. The summed E-state index contributed by atoms with van der Waals surface area (Å²) in [7, 11) is 0. The fourth-order valence-electron chi connectivity index (χ4n) is 3.55. The van der Waals surface area contributed by atoms with Gasteiger partial charge >= 0.3 is 0 Å². The molecule has 0 fully saturated rings. The van der Waals surface area contributed by atoms with Gasteiger partial charge < -0.3 is 14.8 Å². The normalized spacial score (nSPS) is 13.6. The molecule has 4 rings (SSSR count). The summed E-state index contributed by atoms with van der Waals surface area (Å²) in [6.07, 6.45) is -1.09. The van der Waals surface area contributed by atoms with Gasteiger partial charge in [0.15, 0.2) is 17.9 Å². The lowest BCUT2D eigenvalue weighted by Crippen LogP contribution is -2.25. The van der Waals surface area contributed by atoms with Gasteiger partial charge in [0.2, 0.25) is 0 Å². The zero-order valence-electron chi connectivity index (χ0n) is 15.3. The summed E-state index contributed by atoms with van der Waals surface area (Å²) >= 11 is 0. The highest BCUT2D eigenvalue weighted by Gasteiger charge is 2.23. The van der Waals surface area contributed by atoms with Crippen molar-refractivity contribution in [1.29, 1.82) is 0 Å². The summed E-state index contributed by atoms with van der Waals surface area (Å²) in [5.41, 5.74) is 1.54. The van der Waals surface area contributed by atoms with Crippen LogP contribution in [0.1, 0.15) is 11.8 Å². The van der Waals surface area contributed by atoms with Gasteiger partial charge in [-0.05, 0) is 29.8 Å². The number of aliphatic hydroxyl groups excluding tert-OH is 2. The number of hydrogen-bond acceptors (Lipinski definition) is 2. The van der Waals surface area contributed by atoms with Gasteiger partial charge in [-0.3, -0.25) is 0 Å². The predicted octanol–water partition coefficient (Wildman–Crippen LogP) is 4.82. The van der Waals surface area contributed by atoms with Crippen LogP contribution in [0.2, 0.25) is 0 Å². The molecule has 0 bridgehead atoms. The van der Waals surface area contributed by atoms with Crippen molar-refractivity contribution >= 4 is 10.9 Å². The van der Waals surface area contributed by atoms with Crippen molar-refractivity contribution in [3.63, 3.8) is 0 Å². The number of hydrogen-bond donors (Lipinski definition) is 2. The Morgan fingerprint density at radius 1 is 0.828 bits per heavy atom. The highest BCUT2D eigenvalue weighted by Crippen LogP contribution is 2.35. The van der Waals surface area contributed by atoms with E-state index >= 15 is 0 Å². The van der Waals surface area contributed by atoms with Crippen LogP contribution in [0.25, 0.3) is 22.0 Å². The molecule has 0 aliphatic rings. The summed E-state index contributed by atoms with van der Waals surface area (Å²) < 4.78 is 42.9. The highest BCUT2D eigenvalue weighted by molar-refractivity contribution is 5.96. The minimum atomic E-state index is -1.37. The standard InChI is InChI=1S/C23H18F3NO2/c24-15-6-3-5-14(11-15)12-21(28)23(29)27-13-18(16-7-1-2-10-20(16)27)17-8-4-9-19(25)22(17)26/h1-11,13,21,23,28-29H,12H2/t21-,23-/m0/s1. The summed E-state index contributed by atoms with van der Waals surface area (Å²) in [6, 6.07) is 16.6. The van der Waals surface area contributed by atoms with E-state index in [4.69, 9.17) is 0 Å². The molecule has 0 amide bonds. The average Bonchev–Trinajstić information content (AvgIpc) is 3.09. The Labute approximate surface area is 165 Å². The van der Waals surface area contributed by atoms with Crippen molar-refractivity contribution in [2.24, 2.45) is 0 Å². The Morgan fingerprint density at radius 2 is 1.59 bits per heavy atom. The van der Waals surface area contributed by atoms with Gasteiger partial charge in [0.1, 0.15) is 11.9 Å². The van der Waals surface area contributed by atoms with E-state index in [-0.39, 0.29) is 12.0 Å². The first-order valence-corrected chi connectivity index (χ1v) is 9.10. The fraction of sp³-hybridized carbons (Fsp3) is 0.130. The second kappa shape index (κ2) is 7.73. The van der Waals surface area contributed by atoms with Crippen LogP contribution in [0.5, 0.6) is 0 Å². The second-order valence-corrected chi connectivity index (χ2v) is 6.88.